The monoisotopic (exact) mass is 213 g/mol. The molecule has 1 aliphatic heterocycles. The predicted octanol–water partition coefficient (Wildman–Crippen LogP) is 0.933. The van der Waals surface area contributed by atoms with Crippen LogP contribution in [0, 0.1) is 0 Å². The molecule has 0 amide bonds. The topological polar surface area (TPSA) is 58.6 Å². The molecule has 2 rings (SSSR count). The van der Waals surface area contributed by atoms with Crippen LogP contribution in [0.25, 0.3) is 0 Å². The maximum atomic E-state index is 11.7. The van der Waals surface area contributed by atoms with Crippen LogP contribution in [0.4, 0.5) is 0 Å². The molecule has 2 fully saturated rings. The lowest BCUT2D eigenvalue weighted by Crippen LogP contribution is -2.38. The van der Waals surface area contributed by atoms with Crippen LogP contribution in [0.5, 0.6) is 0 Å². The number of hydrogen-bond donors (Lipinski definition) is 2. The minimum atomic E-state index is -0.533. The molecule has 0 radical (unpaired) electrons. The fourth-order valence-corrected chi connectivity index (χ4v) is 2.34. The Hall–Kier alpha value is -0.610. The van der Waals surface area contributed by atoms with E-state index in [2.05, 4.69) is 5.32 Å². The first-order chi connectivity index (χ1) is 7.25. The van der Waals surface area contributed by atoms with Gasteiger partial charge in [0.2, 0.25) is 0 Å². The third-order valence-corrected chi connectivity index (χ3v) is 3.24. The van der Waals surface area contributed by atoms with Gasteiger partial charge in [0.25, 0.3) is 0 Å². The summed E-state index contributed by atoms with van der Waals surface area (Å²) in [7, 11) is 0. The van der Waals surface area contributed by atoms with Gasteiger partial charge in [0, 0.05) is 0 Å². The Labute approximate surface area is 90.0 Å². The Morgan fingerprint density at radius 1 is 1.13 bits per heavy atom. The van der Waals surface area contributed by atoms with Gasteiger partial charge in [-0.15, -0.1) is 0 Å². The van der Waals surface area contributed by atoms with E-state index in [0.717, 1.165) is 12.8 Å². The average Bonchev–Trinajstić information content (AvgIpc) is 2.66. The molecule has 1 saturated heterocycles. The van der Waals surface area contributed by atoms with E-state index < -0.39 is 6.23 Å². The molecule has 0 aromatic rings. The van der Waals surface area contributed by atoms with Crippen molar-refractivity contribution in [3.63, 3.8) is 0 Å². The Kier molecular flexibility index (Phi) is 3.59. The normalized spacial score (nSPS) is 32.9. The lowest BCUT2D eigenvalue weighted by Gasteiger charge is -2.23. The first-order valence-corrected chi connectivity index (χ1v) is 5.90. The van der Waals surface area contributed by atoms with E-state index in [9.17, 15) is 9.90 Å². The van der Waals surface area contributed by atoms with Crippen molar-refractivity contribution in [1.29, 1.82) is 0 Å². The summed E-state index contributed by atoms with van der Waals surface area (Å²) in [6, 6.07) is -0.290. The van der Waals surface area contributed by atoms with Gasteiger partial charge in [0.1, 0.15) is 18.4 Å². The van der Waals surface area contributed by atoms with E-state index in [-0.39, 0.29) is 18.1 Å². The van der Waals surface area contributed by atoms with Gasteiger partial charge in [-0.3, -0.25) is 10.1 Å². The number of aliphatic hydroxyl groups excluding tert-OH is 1. The fourth-order valence-electron chi connectivity index (χ4n) is 2.34. The molecule has 4 nitrogen and oxygen atoms in total. The van der Waals surface area contributed by atoms with Crippen LogP contribution in [0.15, 0.2) is 0 Å². The second kappa shape index (κ2) is 4.94. The molecule has 4 heteroatoms. The highest BCUT2D eigenvalue weighted by molar-refractivity contribution is 5.76. The molecule has 1 aliphatic carbocycles. The Bertz CT molecular complexity index is 226. The predicted molar refractivity (Wildman–Crippen MR) is 55.1 cm³/mol. The lowest BCUT2D eigenvalue weighted by molar-refractivity contribution is -0.153. The summed E-state index contributed by atoms with van der Waals surface area (Å²) in [4.78, 5) is 11.7. The van der Waals surface area contributed by atoms with Crippen molar-refractivity contribution < 1.29 is 14.6 Å². The van der Waals surface area contributed by atoms with Crippen molar-refractivity contribution in [2.45, 2.75) is 63.3 Å². The standard InChI is InChI=1S/C11H19NO3/c13-10-7-6-9(12-10)11(14)15-8-4-2-1-3-5-8/h8-10,12-13H,1-7H2/t9?,10-/m1/s1. The van der Waals surface area contributed by atoms with E-state index in [1.54, 1.807) is 0 Å². The molecule has 15 heavy (non-hydrogen) atoms. The van der Waals surface area contributed by atoms with Crippen LogP contribution < -0.4 is 5.32 Å². The summed E-state index contributed by atoms with van der Waals surface area (Å²) >= 11 is 0. The van der Waals surface area contributed by atoms with Crippen LogP contribution in [0.2, 0.25) is 0 Å². The summed E-state index contributed by atoms with van der Waals surface area (Å²) in [5.74, 6) is -0.182. The third kappa shape index (κ3) is 2.92. The minimum Gasteiger partial charge on any atom is -0.461 e. The van der Waals surface area contributed by atoms with Crippen LogP contribution in [0.1, 0.15) is 44.9 Å². The quantitative estimate of drug-likeness (QED) is 0.670. The van der Waals surface area contributed by atoms with Gasteiger partial charge in [-0.05, 0) is 38.5 Å². The smallest absolute Gasteiger partial charge is 0.323 e. The summed E-state index contributed by atoms with van der Waals surface area (Å²) in [6.45, 7) is 0. The number of carbonyl (C=O) groups excluding carboxylic acids is 1. The van der Waals surface area contributed by atoms with Crippen molar-refractivity contribution in [2.24, 2.45) is 0 Å². The molecule has 86 valence electrons. The van der Waals surface area contributed by atoms with Gasteiger partial charge in [0.15, 0.2) is 0 Å². The molecule has 0 bridgehead atoms. The molecule has 0 aromatic heterocycles. The molecular weight excluding hydrogens is 194 g/mol. The van der Waals surface area contributed by atoms with Crippen molar-refractivity contribution in [3.8, 4) is 0 Å². The Morgan fingerprint density at radius 2 is 1.87 bits per heavy atom. The number of rotatable bonds is 2. The molecule has 1 heterocycles. The first-order valence-electron chi connectivity index (χ1n) is 5.90. The second-order valence-corrected chi connectivity index (χ2v) is 4.51. The maximum Gasteiger partial charge on any atom is 0.323 e. The minimum absolute atomic E-state index is 0.116. The summed E-state index contributed by atoms with van der Waals surface area (Å²) < 4.78 is 5.41. The van der Waals surface area contributed by atoms with Gasteiger partial charge in [-0.2, -0.15) is 0 Å². The Balaban J connectivity index is 1.76. The maximum absolute atomic E-state index is 11.7. The van der Waals surface area contributed by atoms with Crippen LogP contribution >= 0.6 is 0 Å². The van der Waals surface area contributed by atoms with Crippen LogP contribution in [0.3, 0.4) is 0 Å². The molecular formula is C11H19NO3. The number of aliphatic hydroxyl groups is 1. The highest BCUT2D eigenvalue weighted by atomic mass is 16.5. The molecule has 2 atom stereocenters. The highest BCUT2D eigenvalue weighted by Gasteiger charge is 2.30. The number of carbonyl (C=O) groups is 1. The zero-order valence-corrected chi connectivity index (χ0v) is 8.95. The first kappa shape index (κ1) is 10.9. The number of hydrogen-bond acceptors (Lipinski definition) is 4. The van der Waals surface area contributed by atoms with Crippen LogP contribution in [-0.2, 0) is 9.53 Å². The summed E-state index contributed by atoms with van der Waals surface area (Å²) in [5, 5.41) is 12.1. The SMILES string of the molecule is O=C(OC1CCCCC1)C1CC[C@@H](O)N1. The van der Waals surface area contributed by atoms with Crippen molar-refractivity contribution >= 4 is 5.97 Å². The fraction of sp³-hybridized carbons (Fsp3) is 0.909. The Morgan fingerprint density at radius 3 is 2.47 bits per heavy atom. The largest absolute Gasteiger partial charge is 0.461 e. The zero-order chi connectivity index (χ0) is 10.7. The van der Waals surface area contributed by atoms with Crippen molar-refractivity contribution in [3.05, 3.63) is 0 Å². The number of ether oxygens (including phenoxy) is 1. The van der Waals surface area contributed by atoms with Gasteiger partial charge >= 0.3 is 5.97 Å². The van der Waals surface area contributed by atoms with E-state index >= 15 is 0 Å². The van der Waals surface area contributed by atoms with E-state index in [1.165, 1.54) is 19.3 Å². The molecule has 2 N–H and O–H groups in total. The van der Waals surface area contributed by atoms with E-state index in [0.29, 0.717) is 12.8 Å². The average molecular weight is 213 g/mol. The van der Waals surface area contributed by atoms with Gasteiger partial charge < -0.3 is 9.84 Å². The summed E-state index contributed by atoms with van der Waals surface area (Å²) in [5.41, 5.74) is 0. The molecule has 2 aliphatic rings. The lowest BCUT2D eigenvalue weighted by atomic mass is 9.98. The summed E-state index contributed by atoms with van der Waals surface area (Å²) in [6.07, 6.45) is 6.50. The van der Waals surface area contributed by atoms with Crippen LogP contribution in [-0.4, -0.2) is 29.4 Å². The van der Waals surface area contributed by atoms with E-state index in [4.69, 9.17) is 4.74 Å². The second-order valence-electron chi connectivity index (χ2n) is 4.51. The van der Waals surface area contributed by atoms with E-state index in [1.807, 2.05) is 0 Å². The molecule has 0 spiro atoms. The van der Waals surface area contributed by atoms with Crippen molar-refractivity contribution in [2.75, 3.05) is 0 Å². The van der Waals surface area contributed by atoms with Crippen molar-refractivity contribution in [1.82, 2.24) is 5.32 Å². The van der Waals surface area contributed by atoms with Gasteiger partial charge in [-0.1, -0.05) is 6.42 Å². The zero-order valence-electron chi connectivity index (χ0n) is 8.95. The molecule has 1 unspecified atom stereocenters. The highest BCUT2D eigenvalue weighted by Crippen LogP contribution is 2.21. The van der Waals surface area contributed by atoms with Gasteiger partial charge in [-0.25, -0.2) is 0 Å². The number of esters is 1. The third-order valence-electron chi connectivity index (χ3n) is 3.24. The molecule has 1 saturated carbocycles. The molecule has 0 aromatic carbocycles. The van der Waals surface area contributed by atoms with Gasteiger partial charge in [0.05, 0.1) is 0 Å². The number of nitrogens with one attached hydrogen (secondary N) is 1.